The minimum Gasteiger partial charge on any atom is -0.319 e. The van der Waals surface area contributed by atoms with Gasteiger partial charge in [-0.3, -0.25) is 4.79 Å². The lowest BCUT2D eigenvalue weighted by atomic mass is 10.2. The van der Waals surface area contributed by atoms with Crippen LogP contribution in [0.4, 0.5) is 0 Å². The number of fused-ring (bicyclic) bond motifs is 1. The van der Waals surface area contributed by atoms with E-state index in [0.717, 1.165) is 15.8 Å². The number of thiazole rings is 1. The molecular formula is C18H17ClN2O3S2. The van der Waals surface area contributed by atoms with Crippen molar-refractivity contribution in [3.63, 3.8) is 0 Å². The molecule has 5 nitrogen and oxygen atoms in total. The first kappa shape index (κ1) is 18.8. The molecule has 2 aromatic carbocycles. The Hall–Kier alpha value is -1.96. The van der Waals surface area contributed by atoms with Gasteiger partial charge in [-0.1, -0.05) is 47.2 Å². The van der Waals surface area contributed by atoms with E-state index in [1.165, 1.54) is 23.5 Å². The molecule has 0 saturated heterocycles. The zero-order valence-electron chi connectivity index (χ0n) is 14.3. The van der Waals surface area contributed by atoms with Gasteiger partial charge in [-0.2, -0.15) is 4.99 Å². The first-order valence-electron chi connectivity index (χ1n) is 7.89. The number of hydrogen-bond donors (Lipinski definition) is 0. The fourth-order valence-electron chi connectivity index (χ4n) is 2.64. The Labute approximate surface area is 160 Å². The Bertz CT molecular complexity index is 1150. The largest absolute Gasteiger partial charge is 0.319 e. The van der Waals surface area contributed by atoms with Crippen molar-refractivity contribution in [2.75, 3.05) is 5.75 Å². The summed E-state index contributed by atoms with van der Waals surface area (Å²) < 4.78 is 27.2. The minimum atomic E-state index is -3.50. The number of nitrogens with zero attached hydrogens (tertiary/aromatic N) is 2. The standard InChI is InChI=1S/C18H17ClN2O3S2/c1-12-8-9-14(19)17-16(12)21(2)18(25-17)20-15(22)10-11-26(23,24)13-6-4-3-5-7-13/h3-9H,10-11H2,1-2H3. The first-order chi connectivity index (χ1) is 12.3. The van der Waals surface area contributed by atoms with Crippen molar-refractivity contribution in [3.05, 3.63) is 57.9 Å². The summed E-state index contributed by atoms with van der Waals surface area (Å²) in [5, 5.41) is 0.603. The summed E-state index contributed by atoms with van der Waals surface area (Å²) in [6.45, 7) is 1.96. The molecule has 0 unspecified atom stereocenters. The smallest absolute Gasteiger partial charge is 0.249 e. The number of aryl methyl sites for hydroxylation is 2. The van der Waals surface area contributed by atoms with E-state index in [2.05, 4.69) is 4.99 Å². The van der Waals surface area contributed by atoms with Gasteiger partial charge in [-0.25, -0.2) is 8.42 Å². The molecule has 26 heavy (non-hydrogen) atoms. The molecule has 136 valence electrons. The maximum Gasteiger partial charge on any atom is 0.249 e. The molecule has 1 aromatic heterocycles. The average Bonchev–Trinajstić information content (AvgIpc) is 2.95. The van der Waals surface area contributed by atoms with Gasteiger partial charge >= 0.3 is 0 Å². The van der Waals surface area contributed by atoms with E-state index in [1.54, 1.807) is 18.2 Å². The highest BCUT2D eigenvalue weighted by Gasteiger charge is 2.16. The molecular weight excluding hydrogens is 392 g/mol. The summed E-state index contributed by atoms with van der Waals surface area (Å²) in [6.07, 6.45) is -0.168. The van der Waals surface area contributed by atoms with Gasteiger partial charge < -0.3 is 4.57 Å². The van der Waals surface area contributed by atoms with Gasteiger partial charge in [0, 0.05) is 13.5 Å². The highest BCUT2D eigenvalue weighted by Crippen LogP contribution is 2.28. The molecule has 0 bridgehead atoms. The minimum absolute atomic E-state index is 0.168. The highest BCUT2D eigenvalue weighted by atomic mass is 35.5. The van der Waals surface area contributed by atoms with Gasteiger partial charge in [0.1, 0.15) is 0 Å². The van der Waals surface area contributed by atoms with Crippen LogP contribution in [0.1, 0.15) is 12.0 Å². The maximum absolute atomic E-state index is 12.3. The van der Waals surface area contributed by atoms with Crippen molar-refractivity contribution in [3.8, 4) is 0 Å². The number of benzene rings is 2. The number of rotatable bonds is 4. The second kappa shape index (κ2) is 7.34. The second-order valence-electron chi connectivity index (χ2n) is 5.87. The van der Waals surface area contributed by atoms with Gasteiger partial charge in [0.2, 0.25) is 5.91 Å². The van der Waals surface area contributed by atoms with Crippen molar-refractivity contribution >= 4 is 48.9 Å². The summed E-state index contributed by atoms with van der Waals surface area (Å²) in [7, 11) is -1.69. The quantitative estimate of drug-likeness (QED) is 0.663. The van der Waals surface area contributed by atoms with Crippen LogP contribution in [0.15, 0.2) is 52.4 Å². The summed E-state index contributed by atoms with van der Waals surface area (Å²) in [4.78, 5) is 17.0. The Morgan fingerprint density at radius 3 is 2.54 bits per heavy atom. The summed E-state index contributed by atoms with van der Waals surface area (Å²) in [5.74, 6) is -0.742. The van der Waals surface area contributed by atoms with E-state index in [4.69, 9.17) is 11.6 Å². The number of halogens is 1. The molecule has 0 saturated carbocycles. The molecule has 0 fully saturated rings. The Kier molecular flexibility index (Phi) is 5.32. The Balaban J connectivity index is 1.86. The molecule has 0 aliphatic carbocycles. The normalized spacial score (nSPS) is 12.7. The third-order valence-corrected chi connectivity index (χ3v) is 7.33. The Morgan fingerprint density at radius 1 is 1.19 bits per heavy atom. The van der Waals surface area contributed by atoms with Crippen LogP contribution in [0.3, 0.4) is 0 Å². The molecule has 3 rings (SSSR count). The number of sulfone groups is 1. The molecule has 0 N–H and O–H groups in total. The van der Waals surface area contributed by atoms with E-state index in [0.29, 0.717) is 9.82 Å². The van der Waals surface area contributed by atoms with E-state index < -0.39 is 15.7 Å². The van der Waals surface area contributed by atoms with Crippen molar-refractivity contribution in [1.29, 1.82) is 0 Å². The SMILES string of the molecule is Cc1ccc(Cl)c2sc(=NC(=O)CCS(=O)(=O)c3ccccc3)n(C)c12. The van der Waals surface area contributed by atoms with Crippen LogP contribution < -0.4 is 4.80 Å². The third kappa shape index (κ3) is 3.75. The van der Waals surface area contributed by atoms with Crippen LogP contribution in [0.25, 0.3) is 10.2 Å². The monoisotopic (exact) mass is 408 g/mol. The van der Waals surface area contributed by atoms with Crippen LogP contribution in [0, 0.1) is 6.92 Å². The molecule has 8 heteroatoms. The molecule has 1 amide bonds. The number of hydrogen-bond acceptors (Lipinski definition) is 4. The van der Waals surface area contributed by atoms with E-state index in [1.807, 2.05) is 30.7 Å². The lowest BCUT2D eigenvalue weighted by Gasteiger charge is -2.02. The molecule has 0 atom stereocenters. The average molecular weight is 409 g/mol. The van der Waals surface area contributed by atoms with Crippen LogP contribution >= 0.6 is 22.9 Å². The summed E-state index contributed by atoms with van der Waals surface area (Å²) in [6, 6.07) is 11.8. The lowest BCUT2D eigenvalue weighted by molar-refractivity contribution is -0.117. The van der Waals surface area contributed by atoms with Crippen LogP contribution in [0.2, 0.25) is 5.02 Å². The van der Waals surface area contributed by atoms with Crippen molar-refractivity contribution < 1.29 is 13.2 Å². The second-order valence-corrected chi connectivity index (χ2v) is 9.37. The fourth-order valence-corrected chi connectivity index (χ4v) is 5.28. The summed E-state index contributed by atoms with van der Waals surface area (Å²) >= 11 is 7.55. The van der Waals surface area contributed by atoms with Gasteiger partial charge in [0.05, 0.1) is 25.9 Å². The summed E-state index contributed by atoms with van der Waals surface area (Å²) in [5.41, 5.74) is 1.95. The van der Waals surface area contributed by atoms with Gasteiger partial charge in [0.25, 0.3) is 0 Å². The van der Waals surface area contributed by atoms with Gasteiger partial charge in [-0.15, -0.1) is 0 Å². The predicted octanol–water partition coefficient (Wildman–Crippen LogP) is 3.49. The molecule has 0 aliphatic heterocycles. The number of carbonyl (C=O) groups is 1. The molecule has 0 spiro atoms. The molecule has 1 heterocycles. The number of carbonyl (C=O) groups excluding carboxylic acids is 1. The molecule has 0 radical (unpaired) electrons. The zero-order valence-corrected chi connectivity index (χ0v) is 16.7. The van der Waals surface area contributed by atoms with Crippen molar-refractivity contribution in [1.82, 2.24) is 4.57 Å². The van der Waals surface area contributed by atoms with E-state index in [9.17, 15) is 13.2 Å². The lowest BCUT2D eigenvalue weighted by Crippen LogP contribution is -2.16. The zero-order chi connectivity index (χ0) is 18.9. The van der Waals surface area contributed by atoms with Crippen molar-refractivity contribution in [2.24, 2.45) is 12.0 Å². The highest BCUT2D eigenvalue weighted by molar-refractivity contribution is 7.91. The van der Waals surface area contributed by atoms with Gasteiger partial charge in [-0.05, 0) is 30.7 Å². The molecule has 0 aliphatic rings. The first-order valence-corrected chi connectivity index (χ1v) is 10.7. The van der Waals surface area contributed by atoms with E-state index >= 15 is 0 Å². The fraction of sp³-hybridized carbons (Fsp3) is 0.222. The van der Waals surface area contributed by atoms with Crippen LogP contribution in [-0.4, -0.2) is 24.6 Å². The number of aromatic nitrogens is 1. The predicted molar refractivity (Wildman–Crippen MR) is 104 cm³/mol. The third-order valence-electron chi connectivity index (χ3n) is 4.01. The van der Waals surface area contributed by atoms with Gasteiger partial charge in [0.15, 0.2) is 14.6 Å². The topological polar surface area (TPSA) is 68.5 Å². The van der Waals surface area contributed by atoms with Crippen LogP contribution in [-0.2, 0) is 21.7 Å². The van der Waals surface area contributed by atoms with E-state index in [-0.39, 0.29) is 17.1 Å². The van der Waals surface area contributed by atoms with Crippen LogP contribution in [0.5, 0.6) is 0 Å². The van der Waals surface area contributed by atoms with Crippen molar-refractivity contribution in [2.45, 2.75) is 18.2 Å². The number of amides is 1. The Morgan fingerprint density at radius 2 is 1.88 bits per heavy atom. The maximum atomic E-state index is 12.3. The molecule has 3 aromatic rings.